The second kappa shape index (κ2) is 8.87. The minimum atomic E-state index is -0.275. The molecular formula is C20H24N2O3. The van der Waals surface area contributed by atoms with Gasteiger partial charge in [-0.3, -0.25) is 9.59 Å². The molecule has 5 heteroatoms. The highest BCUT2D eigenvalue weighted by Gasteiger charge is 2.14. The molecule has 0 aromatic heterocycles. The van der Waals surface area contributed by atoms with E-state index < -0.39 is 0 Å². The van der Waals surface area contributed by atoms with E-state index in [4.69, 9.17) is 4.74 Å². The molecule has 2 amide bonds. The van der Waals surface area contributed by atoms with Gasteiger partial charge >= 0.3 is 0 Å². The van der Waals surface area contributed by atoms with Crippen LogP contribution in [-0.2, 0) is 0 Å². The van der Waals surface area contributed by atoms with E-state index >= 15 is 0 Å². The molecule has 0 saturated heterocycles. The number of carbonyl (C=O) groups is 2. The summed E-state index contributed by atoms with van der Waals surface area (Å²) >= 11 is 0. The van der Waals surface area contributed by atoms with Crippen molar-refractivity contribution in [1.29, 1.82) is 0 Å². The normalized spacial score (nSPS) is 11.5. The highest BCUT2D eigenvalue weighted by molar-refractivity contribution is 6.06. The quantitative estimate of drug-likeness (QED) is 0.804. The summed E-state index contributed by atoms with van der Waals surface area (Å²) in [5, 5.41) is 5.73. The van der Waals surface area contributed by atoms with Crippen LogP contribution in [0.5, 0.6) is 5.75 Å². The highest BCUT2D eigenvalue weighted by Crippen LogP contribution is 2.20. The van der Waals surface area contributed by atoms with E-state index in [1.165, 1.54) is 0 Å². The Morgan fingerprint density at radius 2 is 1.80 bits per heavy atom. The minimum absolute atomic E-state index is 0.101. The number of ether oxygens (including phenoxy) is 1. The molecule has 0 aliphatic carbocycles. The Labute approximate surface area is 148 Å². The lowest BCUT2D eigenvalue weighted by Crippen LogP contribution is -2.31. The summed E-state index contributed by atoms with van der Waals surface area (Å²) < 4.78 is 5.49. The molecule has 1 atom stereocenters. The van der Waals surface area contributed by atoms with Crippen LogP contribution in [0.1, 0.15) is 47.9 Å². The Morgan fingerprint density at radius 3 is 2.52 bits per heavy atom. The molecule has 0 bridgehead atoms. The van der Waals surface area contributed by atoms with Crippen LogP contribution < -0.4 is 15.4 Å². The van der Waals surface area contributed by atoms with Gasteiger partial charge in [-0.25, -0.2) is 0 Å². The molecule has 0 radical (unpaired) electrons. The van der Waals surface area contributed by atoms with Gasteiger partial charge in [0.25, 0.3) is 11.8 Å². The second-order valence-electron chi connectivity index (χ2n) is 5.75. The SMILES string of the molecule is CCOc1ccccc1C(=O)Nc1cccc(C(=O)NC(C)CC)c1. The number of anilines is 1. The number of carbonyl (C=O) groups excluding carboxylic acids is 2. The van der Waals surface area contributed by atoms with Crippen molar-refractivity contribution < 1.29 is 14.3 Å². The van der Waals surface area contributed by atoms with Crippen molar-refractivity contribution in [1.82, 2.24) is 5.32 Å². The first-order valence-electron chi connectivity index (χ1n) is 8.49. The van der Waals surface area contributed by atoms with Crippen LogP contribution in [0, 0.1) is 0 Å². The maximum atomic E-state index is 12.5. The fraction of sp³-hybridized carbons (Fsp3) is 0.300. The Morgan fingerprint density at radius 1 is 1.04 bits per heavy atom. The van der Waals surface area contributed by atoms with Gasteiger partial charge in [0, 0.05) is 17.3 Å². The van der Waals surface area contributed by atoms with Crippen LogP contribution in [0.15, 0.2) is 48.5 Å². The number of hydrogen-bond donors (Lipinski definition) is 2. The van der Waals surface area contributed by atoms with E-state index in [9.17, 15) is 9.59 Å². The smallest absolute Gasteiger partial charge is 0.259 e. The molecule has 0 saturated carbocycles. The lowest BCUT2D eigenvalue weighted by Gasteiger charge is -2.13. The van der Waals surface area contributed by atoms with E-state index in [0.717, 1.165) is 6.42 Å². The molecule has 2 rings (SSSR count). The molecule has 0 aliphatic heterocycles. The van der Waals surface area contributed by atoms with E-state index in [2.05, 4.69) is 10.6 Å². The molecule has 0 spiro atoms. The second-order valence-corrected chi connectivity index (χ2v) is 5.75. The van der Waals surface area contributed by atoms with Gasteiger partial charge in [0.1, 0.15) is 5.75 Å². The monoisotopic (exact) mass is 340 g/mol. The maximum Gasteiger partial charge on any atom is 0.259 e. The number of para-hydroxylation sites is 1. The first-order valence-corrected chi connectivity index (χ1v) is 8.49. The molecule has 25 heavy (non-hydrogen) atoms. The molecule has 2 aromatic carbocycles. The Kier molecular flexibility index (Phi) is 6.57. The van der Waals surface area contributed by atoms with Crippen molar-refractivity contribution >= 4 is 17.5 Å². The van der Waals surface area contributed by atoms with Gasteiger partial charge < -0.3 is 15.4 Å². The highest BCUT2D eigenvalue weighted by atomic mass is 16.5. The fourth-order valence-corrected chi connectivity index (χ4v) is 2.28. The Bertz CT molecular complexity index is 743. The first-order chi connectivity index (χ1) is 12.0. The first kappa shape index (κ1) is 18.5. The molecule has 5 nitrogen and oxygen atoms in total. The summed E-state index contributed by atoms with van der Waals surface area (Å²) in [6, 6.07) is 14.1. The van der Waals surface area contributed by atoms with Crippen LogP contribution in [-0.4, -0.2) is 24.5 Å². The average Bonchev–Trinajstić information content (AvgIpc) is 2.62. The zero-order valence-electron chi connectivity index (χ0n) is 14.8. The number of benzene rings is 2. The van der Waals surface area contributed by atoms with Gasteiger partial charge in [0.05, 0.1) is 12.2 Å². The molecule has 2 N–H and O–H groups in total. The van der Waals surface area contributed by atoms with Gasteiger partial charge in [-0.15, -0.1) is 0 Å². The molecule has 2 aromatic rings. The zero-order chi connectivity index (χ0) is 18.2. The summed E-state index contributed by atoms with van der Waals surface area (Å²) in [5.74, 6) is 0.108. The predicted molar refractivity (Wildman–Crippen MR) is 99.2 cm³/mol. The molecule has 132 valence electrons. The van der Waals surface area contributed by atoms with Gasteiger partial charge in [0.2, 0.25) is 0 Å². The van der Waals surface area contributed by atoms with Gasteiger partial charge in [-0.2, -0.15) is 0 Å². The topological polar surface area (TPSA) is 67.4 Å². The molecule has 1 unspecified atom stereocenters. The Balaban J connectivity index is 2.14. The van der Waals surface area contributed by atoms with Crippen LogP contribution in [0.25, 0.3) is 0 Å². The third kappa shape index (κ3) is 5.08. The number of amides is 2. The minimum Gasteiger partial charge on any atom is -0.493 e. The maximum absolute atomic E-state index is 12.5. The van der Waals surface area contributed by atoms with Crippen molar-refractivity contribution in [3.8, 4) is 5.75 Å². The summed E-state index contributed by atoms with van der Waals surface area (Å²) in [7, 11) is 0. The summed E-state index contributed by atoms with van der Waals surface area (Å²) in [6.07, 6.45) is 0.858. The van der Waals surface area contributed by atoms with Gasteiger partial charge in [0.15, 0.2) is 0 Å². The number of nitrogens with one attached hydrogen (secondary N) is 2. The summed E-state index contributed by atoms with van der Waals surface area (Å²) in [5.41, 5.74) is 1.53. The Hall–Kier alpha value is -2.82. The van der Waals surface area contributed by atoms with E-state index in [1.807, 2.05) is 26.8 Å². The lowest BCUT2D eigenvalue weighted by atomic mass is 10.1. The van der Waals surface area contributed by atoms with Crippen molar-refractivity contribution in [2.45, 2.75) is 33.2 Å². The lowest BCUT2D eigenvalue weighted by molar-refractivity contribution is 0.0938. The van der Waals surface area contributed by atoms with Crippen molar-refractivity contribution in [3.05, 3.63) is 59.7 Å². The summed E-state index contributed by atoms with van der Waals surface area (Å²) in [6.45, 7) is 6.31. The van der Waals surface area contributed by atoms with E-state index in [0.29, 0.717) is 29.2 Å². The molecule has 0 heterocycles. The number of hydrogen-bond acceptors (Lipinski definition) is 3. The van der Waals surface area contributed by atoms with Crippen molar-refractivity contribution in [3.63, 3.8) is 0 Å². The largest absolute Gasteiger partial charge is 0.493 e. The standard InChI is InChI=1S/C20H24N2O3/c1-4-14(3)21-19(23)15-9-8-10-16(13-15)22-20(24)17-11-6-7-12-18(17)25-5-2/h6-14H,4-5H2,1-3H3,(H,21,23)(H,22,24). The van der Waals surface area contributed by atoms with E-state index in [1.54, 1.807) is 42.5 Å². The van der Waals surface area contributed by atoms with Crippen LogP contribution >= 0.6 is 0 Å². The third-order valence-corrected chi connectivity index (χ3v) is 3.80. The van der Waals surface area contributed by atoms with Gasteiger partial charge in [-0.1, -0.05) is 25.1 Å². The summed E-state index contributed by atoms with van der Waals surface area (Å²) in [4.78, 5) is 24.7. The van der Waals surface area contributed by atoms with Crippen molar-refractivity contribution in [2.24, 2.45) is 0 Å². The predicted octanol–water partition coefficient (Wildman–Crippen LogP) is 3.87. The van der Waals surface area contributed by atoms with Crippen LogP contribution in [0.2, 0.25) is 0 Å². The van der Waals surface area contributed by atoms with Crippen LogP contribution in [0.4, 0.5) is 5.69 Å². The average molecular weight is 340 g/mol. The molecular weight excluding hydrogens is 316 g/mol. The number of rotatable bonds is 7. The fourth-order valence-electron chi connectivity index (χ4n) is 2.28. The van der Waals surface area contributed by atoms with E-state index in [-0.39, 0.29) is 17.9 Å². The van der Waals surface area contributed by atoms with Crippen molar-refractivity contribution in [2.75, 3.05) is 11.9 Å². The van der Waals surface area contributed by atoms with Crippen LogP contribution in [0.3, 0.4) is 0 Å². The van der Waals surface area contributed by atoms with Gasteiger partial charge in [-0.05, 0) is 50.6 Å². The zero-order valence-corrected chi connectivity index (χ0v) is 14.8. The molecule has 0 aliphatic rings. The molecule has 0 fully saturated rings. The third-order valence-electron chi connectivity index (χ3n) is 3.80.